The lowest BCUT2D eigenvalue weighted by Crippen LogP contribution is -2.09. The Balaban J connectivity index is 4.05. The number of carbonyl (C=O) groups is 1. The van der Waals surface area contributed by atoms with Crippen LogP contribution in [0.5, 0.6) is 0 Å². The van der Waals surface area contributed by atoms with E-state index in [4.69, 9.17) is 5.11 Å². The highest BCUT2D eigenvalue weighted by atomic mass is 16.4. The van der Waals surface area contributed by atoms with Crippen molar-refractivity contribution in [2.24, 2.45) is 11.8 Å². The van der Waals surface area contributed by atoms with Crippen molar-refractivity contribution >= 4 is 5.97 Å². The minimum Gasteiger partial charge on any atom is -0.481 e. The number of hydrogen-bond acceptors (Lipinski definition) is 1. The van der Waals surface area contributed by atoms with Crippen LogP contribution < -0.4 is 0 Å². The van der Waals surface area contributed by atoms with Gasteiger partial charge in [0, 0.05) is 0 Å². The van der Waals surface area contributed by atoms with Gasteiger partial charge in [-0.15, -0.1) is 0 Å². The maximum Gasteiger partial charge on any atom is 0.306 e. The quantitative estimate of drug-likeness (QED) is 0.667. The van der Waals surface area contributed by atoms with Crippen molar-refractivity contribution in [2.45, 2.75) is 40.5 Å². The molecule has 0 amide bonds. The molecule has 0 spiro atoms. The third kappa shape index (κ3) is 5.45. The van der Waals surface area contributed by atoms with Gasteiger partial charge in [-0.2, -0.15) is 0 Å². The van der Waals surface area contributed by atoms with Crippen molar-refractivity contribution in [3.63, 3.8) is 0 Å². The summed E-state index contributed by atoms with van der Waals surface area (Å²) < 4.78 is 0. The van der Waals surface area contributed by atoms with E-state index in [9.17, 15) is 4.79 Å². The molecule has 0 heterocycles. The van der Waals surface area contributed by atoms with E-state index < -0.39 is 5.97 Å². The van der Waals surface area contributed by atoms with Gasteiger partial charge in [-0.1, -0.05) is 38.8 Å². The Morgan fingerprint density at radius 1 is 1.46 bits per heavy atom. The molecule has 13 heavy (non-hydrogen) atoms. The van der Waals surface area contributed by atoms with E-state index in [0.717, 1.165) is 6.42 Å². The van der Waals surface area contributed by atoms with E-state index in [1.54, 1.807) is 6.92 Å². The Kier molecular flexibility index (Phi) is 5.44. The van der Waals surface area contributed by atoms with E-state index >= 15 is 0 Å². The van der Waals surface area contributed by atoms with Crippen LogP contribution in [0.3, 0.4) is 0 Å². The van der Waals surface area contributed by atoms with Crippen LogP contribution in [0.2, 0.25) is 0 Å². The van der Waals surface area contributed by atoms with Gasteiger partial charge in [0.05, 0.1) is 5.92 Å². The van der Waals surface area contributed by atoms with Gasteiger partial charge in [0.15, 0.2) is 0 Å². The van der Waals surface area contributed by atoms with Gasteiger partial charge in [-0.05, 0) is 19.3 Å². The number of allylic oxidation sites excluding steroid dienone is 2. The zero-order valence-electron chi connectivity index (χ0n) is 9.00. The average molecular weight is 184 g/mol. The first-order valence-electron chi connectivity index (χ1n) is 4.87. The molecule has 1 N–H and O–H groups in total. The molecule has 2 atom stereocenters. The smallest absolute Gasteiger partial charge is 0.306 e. The first-order valence-corrected chi connectivity index (χ1v) is 4.87. The second-order valence-electron chi connectivity index (χ2n) is 3.84. The first kappa shape index (κ1) is 12.2. The van der Waals surface area contributed by atoms with Gasteiger partial charge in [-0.3, -0.25) is 4.79 Å². The molecule has 0 bridgehead atoms. The van der Waals surface area contributed by atoms with Gasteiger partial charge in [0.1, 0.15) is 0 Å². The molecule has 2 heteroatoms. The summed E-state index contributed by atoms with van der Waals surface area (Å²) in [5.74, 6) is -0.418. The van der Waals surface area contributed by atoms with E-state index in [1.807, 2.05) is 6.92 Å². The summed E-state index contributed by atoms with van der Waals surface area (Å²) in [6.45, 7) is 8.03. The molecule has 0 aliphatic heterocycles. The van der Waals surface area contributed by atoms with Crippen LogP contribution in [0.4, 0.5) is 0 Å². The van der Waals surface area contributed by atoms with Crippen molar-refractivity contribution in [1.29, 1.82) is 0 Å². The molecule has 0 saturated carbocycles. The van der Waals surface area contributed by atoms with Gasteiger partial charge in [-0.25, -0.2) is 0 Å². The fourth-order valence-electron chi connectivity index (χ4n) is 1.24. The second kappa shape index (κ2) is 5.79. The van der Waals surface area contributed by atoms with Gasteiger partial charge >= 0.3 is 5.97 Å². The summed E-state index contributed by atoms with van der Waals surface area (Å²) in [6.07, 6.45) is 3.94. The van der Waals surface area contributed by atoms with Crippen LogP contribution in [0.1, 0.15) is 40.5 Å². The van der Waals surface area contributed by atoms with E-state index in [1.165, 1.54) is 5.57 Å². The molecule has 2 nitrogen and oxygen atoms in total. The normalized spacial score (nSPS) is 16.8. The SMILES string of the molecule is CCC(C)C=C(C)CC(C)C(=O)O. The Labute approximate surface area is 80.7 Å². The van der Waals surface area contributed by atoms with E-state index in [2.05, 4.69) is 19.9 Å². The lowest BCUT2D eigenvalue weighted by atomic mass is 9.98. The zero-order chi connectivity index (χ0) is 10.4. The molecule has 76 valence electrons. The lowest BCUT2D eigenvalue weighted by molar-refractivity contribution is -0.141. The maximum absolute atomic E-state index is 10.6. The molecule has 0 fully saturated rings. The Bertz CT molecular complexity index is 194. The standard InChI is InChI=1S/C11H20O2/c1-5-8(2)6-9(3)7-10(4)11(12)13/h6,8,10H,5,7H2,1-4H3,(H,12,13). The van der Waals surface area contributed by atoms with Crippen LogP contribution in [0, 0.1) is 11.8 Å². The molecule has 0 radical (unpaired) electrons. The lowest BCUT2D eigenvalue weighted by Gasteiger charge is -2.08. The molecular weight excluding hydrogens is 164 g/mol. The van der Waals surface area contributed by atoms with Crippen molar-refractivity contribution in [3.8, 4) is 0 Å². The Morgan fingerprint density at radius 2 is 2.00 bits per heavy atom. The number of carboxylic acids is 1. The monoisotopic (exact) mass is 184 g/mol. The third-order valence-corrected chi connectivity index (χ3v) is 2.26. The van der Waals surface area contributed by atoms with Gasteiger partial charge < -0.3 is 5.11 Å². The summed E-state index contributed by atoms with van der Waals surface area (Å²) >= 11 is 0. The minimum atomic E-state index is -0.711. The predicted molar refractivity (Wildman–Crippen MR) is 54.6 cm³/mol. The molecular formula is C11H20O2. The van der Waals surface area contributed by atoms with Crippen LogP contribution in [0.15, 0.2) is 11.6 Å². The predicted octanol–water partition coefficient (Wildman–Crippen LogP) is 3.09. The topological polar surface area (TPSA) is 37.3 Å². The van der Waals surface area contributed by atoms with Gasteiger partial charge in [0.2, 0.25) is 0 Å². The second-order valence-corrected chi connectivity index (χ2v) is 3.84. The molecule has 0 aliphatic carbocycles. The van der Waals surface area contributed by atoms with Crippen molar-refractivity contribution in [3.05, 3.63) is 11.6 Å². The van der Waals surface area contributed by atoms with E-state index in [-0.39, 0.29) is 5.92 Å². The number of rotatable bonds is 5. The molecule has 0 aromatic carbocycles. The summed E-state index contributed by atoms with van der Waals surface area (Å²) in [6, 6.07) is 0. The number of hydrogen-bond donors (Lipinski definition) is 1. The fourth-order valence-corrected chi connectivity index (χ4v) is 1.24. The van der Waals surface area contributed by atoms with Crippen LogP contribution >= 0.6 is 0 Å². The highest BCUT2D eigenvalue weighted by Gasteiger charge is 2.11. The Hall–Kier alpha value is -0.790. The van der Waals surface area contributed by atoms with Crippen molar-refractivity contribution in [2.75, 3.05) is 0 Å². The third-order valence-electron chi connectivity index (χ3n) is 2.26. The fraction of sp³-hybridized carbons (Fsp3) is 0.727. The van der Waals surface area contributed by atoms with E-state index in [0.29, 0.717) is 12.3 Å². The molecule has 0 saturated heterocycles. The number of carboxylic acid groups (broad SMARTS) is 1. The summed E-state index contributed by atoms with van der Waals surface area (Å²) in [5.41, 5.74) is 1.18. The first-order chi connectivity index (χ1) is 5.97. The summed E-state index contributed by atoms with van der Waals surface area (Å²) in [5, 5.41) is 8.69. The minimum absolute atomic E-state index is 0.264. The largest absolute Gasteiger partial charge is 0.481 e. The molecule has 0 aliphatic rings. The molecule has 0 aromatic rings. The number of aliphatic carboxylic acids is 1. The molecule has 0 aromatic heterocycles. The average Bonchev–Trinajstić information content (AvgIpc) is 2.03. The van der Waals surface area contributed by atoms with Crippen LogP contribution in [-0.2, 0) is 4.79 Å². The van der Waals surface area contributed by atoms with Crippen LogP contribution in [-0.4, -0.2) is 11.1 Å². The summed E-state index contributed by atoms with van der Waals surface area (Å²) in [7, 11) is 0. The maximum atomic E-state index is 10.6. The van der Waals surface area contributed by atoms with Crippen molar-refractivity contribution in [1.82, 2.24) is 0 Å². The zero-order valence-corrected chi connectivity index (χ0v) is 9.00. The molecule has 2 unspecified atom stereocenters. The summed E-state index contributed by atoms with van der Waals surface area (Å²) in [4.78, 5) is 10.6. The van der Waals surface area contributed by atoms with Crippen LogP contribution in [0.25, 0.3) is 0 Å². The Morgan fingerprint density at radius 3 is 2.38 bits per heavy atom. The molecule has 0 rings (SSSR count). The highest BCUT2D eigenvalue weighted by Crippen LogP contribution is 2.14. The highest BCUT2D eigenvalue weighted by molar-refractivity contribution is 5.69. The van der Waals surface area contributed by atoms with Crippen molar-refractivity contribution < 1.29 is 9.90 Å². The van der Waals surface area contributed by atoms with Gasteiger partial charge in [0.25, 0.3) is 0 Å².